The number of benzene rings is 1. The molecule has 128 valence electrons. The van der Waals surface area contributed by atoms with Gasteiger partial charge in [0.25, 0.3) is 0 Å². The van der Waals surface area contributed by atoms with Crippen molar-refractivity contribution < 1.29 is 14.6 Å². The number of nitrogens with zero attached hydrogens (tertiary/aromatic N) is 2. The number of ether oxygens (including phenoxy) is 2. The third-order valence-electron chi connectivity index (χ3n) is 4.17. The third kappa shape index (κ3) is 4.76. The molecule has 0 saturated carbocycles. The summed E-state index contributed by atoms with van der Waals surface area (Å²) < 4.78 is 10.3. The van der Waals surface area contributed by atoms with Gasteiger partial charge in [-0.1, -0.05) is 6.07 Å². The maximum Gasteiger partial charge on any atom is 0.193 e. The Morgan fingerprint density at radius 1 is 1.43 bits per heavy atom. The Hall–Kier alpha value is -1.95. The lowest BCUT2D eigenvalue weighted by atomic mass is 10.1. The first-order chi connectivity index (χ1) is 11.2. The van der Waals surface area contributed by atoms with Gasteiger partial charge in [0, 0.05) is 45.8 Å². The van der Waals surface area contributed by atoms with Crippen LogP contribution in [0.1, 0.15) is 12.0 Å². The summed E-state index contributed by atoms with van der Waals surface area (Å²) in [5.74, 6) is 2.42. The van der Waals surface area contributed by atoms with Gasteiger partial charge in [-0.15, -0.1) is 0 Å². The lowest BCUT2D eigenvalue weighted by molar-refractivity contribution is 0.157. The normalized spacial score (nSPS) is 18.3. The van der Waals surface area contributed by atoms with Crippen molar-refractivity contribution in [2.24, 2.45) is 10.9 Å². The first-order valence-electron chi connectivity index (χ1n) is 7.98. The molecule has 1 aliphatic heterocycles. The number of phenols is 1. The molecule has 1 unspecified atom stereocenters. The van der Waals surface area contributed by atoms with Crippen LogP contribution in [0.4, 0.5) is 0 Å². The number of rotatable bonds is 6. The monoisotopic (exact) mass is 321 g/mol. The summed E-state index contributed by atoms with van der Waals surface area (Å²) >= 11 is 0. The van der Waals surface area contributed by atoms with Crippen molar-refractivity contribution in [2.45, 2.75) is 12.8 Å². The quantitative estimate of drug-likeness (QED) is 0.614. The molecular formula is C17H27N3O3. The second-order valence-corrected chi connectivity index (χ2v) is 5.77. The highest BCUT2D eigenvalue weighted by atomic mass is 16.5. The molecule has 0 radical (unpaired) electrons. The molecule has 1 aromatic carbocycles. The van der Waals surface area contributed by atoms with Crippen LogP contribution in [0.5, 0.6) is 11.5 Å². The molecule has 0 aromatic heterocycles. The van der Waals surface area contributed by atoms with Crippen LogP contribution in [0.15, 0.2) is 23.2 Å². The zero-order valence-electron chi connectivity index (χ0n) is 14.2. The first-order valence-corrected chi connectivity index (χ1v) is 7.98. The standard InChI is InChI=1S/C17H27N3O3/c1-18-17(20-9-7-13(11-20)12-22-2)19-8-6-14-4-5-15(23-3)10-16(14)21/h4-5,10,13,21H,6-9,11-12H2,1-3H3,(H,18,19). The van der Waals surface area contributed by atoms with E-state index in [1.54, 1.807) is 27.3 Å². The number of hydrogen-bond acceptors (Lipinski definition) is 4. The molecule has 1 saturated heterocycles. The molecule has 0 bridgehead atoms. The lowest BCUT2D eigenvalue weighted by Gasteiger charge is -2.21. The molecule has 6 nitrogen and oxygen atoms in total. The Bertz CT molecular complexity index is 534. The molecule has 2 rings (SSSR count). The second kappa shape index (κ2) is 8.62. The van der Waals surface area contributed by atoms with Gasteiger partial charge in [0.05, 0.1) is 13.7 Å². The highest BCUT2D eigenvalue weighted by Crippen LogP contribution is 2.23. The third-order valence-corrected chi connectivity index (χ3v) is 4.17. The summed E-state index contributed by atoms with van der Waals surface area (Å²) in [6.45, 7) is 3.49. The van der Waals surface area contributed by atoms with E-state index in [9.17, 15) is 5.11 Å². The van der Waals surface area contributed by atoms with Crippen molar-refractivity contribution in [1.82, 2.24) is 10.2 Å². The maximum atomic E-state index is 9.99. The Labute approximate surface area is 138 Å². The summed E-state index contributed by atoms with van der Waals surface area (Å²) in [4.78, 5) is 6.62. The molecular weight excluding hydrogens is 294 g/mol. The van der Waals surface area contributed by atoms with Crippen molar-refractivity contribution in [1.29, 1.82) is 0 Å². The Balaban J connectivity index is 1.82. The Kier molecular flexibility index (Phi) is 6.52. The van der Waals surface area contributed by atoms with Gasteiger partial charge in [0.1, 0.15) is 11.5 Å². The molecule has 0 spiro atoms. The van der Waals surface area contributed by atoms with Crippen LogP contribution in [0.2, 0.25) is 0 Å². The molecule has 6 heteroatoms. The van der Waals surface area contributed by atoms with Gasteiger partial charge in [0.2, 0.25) is 0 Å². The topological polar surface area (TPSA) is 66.3 Å². The van der Waals surface area contributed by atoms with Crippen LogP contribution in [0, 0.1) is 5.92 Å². The molecule has 23 heavy (non-hydrogen) atoms. The van der Waals surface area contributed by atoms with Gasteiger partial charge >= 0.3 is 0 Å². The van der Waals surface area contributed by atoms with E-state index in [1.807, 2.05) is 12.1 Å². The van der Waals surface area contributed by atoms with Crippen molar-refractivity contribution in [2.75, 3.05) is 47.5 Å². The number of phenolic OH excluding ortho intramolecular Hbond substituents is 1. The van der Waals surface area contributed by atoms with Gasteiger partial charge in [-0.25, -0.2) is 0 Å². The minimum atomic E-state index is 0.266. The minimum absolute atomic E-state index is 0.266. The van der Waals surface area contributed by atoms with Gasteiger partial charge in [-0.05, 0) is 24.5 Å². The van der Waals surface area contributed by atoms with E-state index in [4.69, 9.17) is 9.47 Å². The molecule has 1 fully saturated rings. The predicted molar refractivity (Wildman–Crippen MR) is 91.3 cm³/mol. The molecule has 0 amide bonds. The highest BCUT2D eigenvalue weighted by Gasteiger charge is 2.24. The van der Waals surface area contributed by atoms with E-state index in [0.29, 0.717) is 11.7 Å². The summed E-state index contributed by atoms with van der Waals surface area (Å²) in [5.41, 5.74) is 0.896. The van der Waals surface area contributed by atoms with Crippen molar-refractivity contribution in [3.8, 4) is 11.5 Å². The summed E-state index contributed by atoms with van der Waals surface area (Å²) in [7, 11) is 5.14. The van der Waals surface area contributed by atoms with Crippen molar-refractivity contribution >= 4 is 5.96 Å². The Morgan fingerprint density at radius 2 is 2.26 bits per heavy atom. The fraction of sp³-hybridized carbons (Fsp3) is 0.588. The summed E-state index contributed by atoms with van der Waals surface area (Å²) in [6, 6.07) is 5.39. The molecule has 0 aliphatic carbocycles. The van der Waals surface area contributed by atoms with Crippen LogP contribution in [0.25, 0.3) is 0 Å². The first kappa shape index (κ1) is 17.4. The average Bonchev–Trinajstić information content (AvgIpc) is 3.01. The fourth-order valence-electron chi connectivity index (χ4n) is 2.92. The second-order valence-electron chi connectivity index (χ2n) is 5.77. The lowest BCUT2D eigenvalue weighted by Crippen LogP contribution is -2.41. The van der Waals surface area contributed by atoms with Gasteiger partial charge in [-0.2, -0.15) is 0 Å². The number of aromatic hydroxyl groups is 1. The van der Waals surface area contributed by atoms with Crippen LogP contribution < -0.4 is 10.1 Å². The predicted octanol–water partition coefficient (Wildman–Crippen LogP) is 1.49. The molecule has 1 aromatic rings. The summed E-state index contributed by atoms with van der Waals surface area (Å²) in [5, 5.41) is 13.4. The van der Waals surface area contributed by atoms with Crippen molar-refractivity contribution in [3.63, 3.8) is 0 Å². The fourth-order valence-corrected chi connectivity index (χ4v) is 2.92. The van der Waals surface area contributed by atoms with E-state index >= 15 is 0 Å². The SMILES string of the molecule is CN=C(NCCc1ccc(OC)cc1O)N1CCC(COC)C1. The number of methoxy groups -OCH3 is 2. The van der Waals surface area contributed by atoms with Crippen LogP contribution in [-0.2, 0) is 11.2 Å². The number of aliphatic imine (C=N–C) groups is 1. The van der Waals surface area contributed by atoms with E-state index in [-0.39, 0.29) is 5.75 Å². The summed E-state index contributed by atoms with van der Waals surface area (Å²) in [6.07, 6.45) is 1.86. The van der Waals surface area contributed by atoms with E-state index in [2.05, 4.69) is 15.2 Å². The van der Waals surface area contributed by atoms with E-state index < -0.39 is 0 Å². The van der Waals surface area contributed by atoms with E-state index in [0.717, 1.165) is 50.6 Å². The zero-order valence-corrected chi connectivity index (χ0v) is 14.2. The minimum Gasteiger partial charge on any atom is -0.508 e. The zero-order chi connectivity index (χ0) is 16.7. The number of nitrogens with one attached hydrogen (secondary N) is 1. The van der Waals surface area contributed by atoms with E-state index in [1.165, 1.54) is 0 Å². The average molecular weight is 321 g/mol. The molecule has 1 heterocycles. The van der Waals surface area contributed by atoms with Crippen LogP contribution in [-0.4, -0.2) is 63.5 Å². The molecule has 1 atom stereocenters. The highest BCUT2D eigenvalue weighted by molar-refractivity contribution is 5.80. The largest absolute Gasteiger partial charge is 0.508 e. The van der Waals surface area contributed by atoms with Gasteiger partial charge < -0.3 is 24.8 Å². The smallest absolute Gasteiger partial charge is 0.193 e. The number of guanidine groups is 1. The van der Waals surface area contributed by atoms with Gasteiger partial charge in [0.15, 0.2) is 5.96 Å². The van der Waals surface area contributed by atoms with Gasteiger partial charge in [-0.3, -0.25) is 4.99 Å². The molecule has 2 N–H and O–H groups in total. The Morgan fingerprint density at radius 3 is 2.91 bits per heavy atom. The van der Waals surface area contributed by atoms with Crippen molar-refractivity contribution in [3.05, 3.63) is 23.8 Å². The number of likely N-dealkylation sites (tertiary alicyclic amines) is 1. The molecule has 1 aliphatic rings. The number of hydrogen-bond donors (Lipinski definition) is 2. The maximum absolute atomic E-state index is 9.99. The van der Waals surface area contributed by atoms with Crippen LogP contribution >= 0.6 is 0 Å². The van der Waals surface area contributed by atoms with Crippen LogP contribution in [0.3, 0.4) is 0 Å².